The average molecular weight is 304 g/mol. The highest BCUT2D eigenvalue weighted by atomic mass is 35.5. The van der Waals surface area contributed by atoms with E-state index in [9.17, 15) is 13.2 Å². The van der Waals surface area contributed by atoms with Crippen LogP contribution in [0.3, 0.4) is 0 Å². The summed E-state index contributed by atoms with van der Waals surface area (Å²) >= 11 is 5.88. The molecular weight excluding hydrogens is 290 g/mol. The Hall–Kier alpha value is -1.31. The lowest BCUT2D eigenvalue weighted by molar-refractivity contribution is -0.117. The van der Waals surface area contributed by atoms with Crippen molar-refractivity contribution in [3.63, 3.8) is 0 Å². The normalized spacial score (nSPS) is 20.0. The van der Waals surface area contributed by atoms with Crippen molar-refractivity contribution >= 4 is 38.9 Å². The number of amides is 1. The summed E-state index contributed by atoms with van der Waals surface area (Å²) in [6.45, 7) is 0.278. The van der Waals surface area contributed by atoms with E-state index in [0.717, 1.165) is 0 Å². The van der Waals surface area contributed by atoms with Gasteiger partial charge in [-0.2, -0.15) is 0 Å². The van der Waals surface area contributed by atoms with Crippen molar-refractivity contribution in [2.45, 2.75) is 6.42 Å². The maximum Gasteiger partial charge on any atom is 0.227 e. The molecule has 0 bridgehead atoms. The SMILES string of the molecule is Nc1ccc(Cl)cc1N1CC(CS(N)(=O)=O)CC1=O. The van der Waals surface area contributed by atoms with Crippen LogP contribution >= 0.6 is 11.6 Å². The second kappa shape index (κ2) is 4.99. The lowest BCUT2D eigenvalue weighted by Crippen LogP contribution is -2.28. The van der Waals surface area contributed by atoms with Crippen LogP contribution in [0.15, 0.2) is 18.2 Å². The summed E-state index contributed by atoms with van der Waals surface area (Å²) in [5.41, 5.74) is 6.74. The molecular formula is C11H14ClN3O3S. The number of hydrogen-bond acceptors (Lipinski definition) is 4. The topological polar surface area (TPSA) is 106 Å². The van der Waals surface area contributed by atoms with Crippen LogP contribution in [-0.2, 0) is 14.8 Å². The first kappa shape index (κ1) is 14.1. The van der Waals surface area contributed by atoms with Crippen LogP contribution in [0.2, 0.25) is 5.02 Å². The second-order valence-corrected chi connectivity index (χ2v) is 6.70. The Kier molecular flexibility index (Phi) is 3.71. The van der Waals surface area contributed by atoms with Crippen LogP contribution in [0.5, 0.6) is 0 Å². The van der Waals surface area contributed by atoms with Gasteiger partial charge in [0.15, 0.2) is 0 Å². The van der Waals surface area contributed by atoms with Crippen molar-refractivity contribution in [3.05, 3.63) is 23.2 Å². The first-order chi connectivity index (χ1) is 8.76. The number of carbonyl (C=O) groups excluding carboxylic acids is 1. The van der Waals surface area contributed by atoms with Crippen LogP contribution in [0.1, 0.15) is 6.42 Å². The number of nitrogens with zero attached hydrogens (tertiary/aromatic N) is 1. The third kappa shape index (κ3) is 3.37. The maximum atomic E-state index is 11.9. The van der Waals surface area contributed by atoms with Crippen molar-refractivity contribution in [1.29, 1.82) is 0 Å². The molecule has 1 unspecified atom stereocenters. The molecule has 1 saturated heterocycles. The molecule has 0 radical (unpaired) electrons. The lowest BCUT2D eigenvalue weighted by atomic mass is 10.1. The zero-order chi connectivity index (χ0) is 14.2. The molecule has 0 saturated carbocycles. The molecule has 19 heavy (non-hydrogen) atoms. The number of primary sulfonamides is 1. The summed E-state index contributed by atoms with van der Waals surface area (Å²) < 4.78 is 22.1. The van der Waals surface area contributed by atoms with Gasteiger partial charge in [0.25, 0.3) is 0 Å². The third-order valence-corrected chi connectivity index (χ3v) is 4.13. The maximum absolute atomic E-state index is 11.9. The van der Waals surface area contributed by atoms with Gasteiger partial charge in [-0.15, -0.1) is 0 Å². The lowest BCUT2D eigenvalue weighted by Gasteiger charge is -2.19. The van der Waals surface area contributed by atoms with Crippen LogP contribution in [0, 0.1) is 5.92 Å². The van der Waals surface area contributed by atoms with Crippen molar-refractivity contribution in [2.75, 3.05) is 22.9 Å². The molecule has 1 aliphatic heterocycles. The fraction of sp³-hybridized carbons (Fsp3) is 0.364. The van der Waals surface area contributed by atoms with E-state index in [-0.39, 0.29) is 30.5 Å². The summed E-state index contributed by atoms with van der Waals surface area (Å²) in [5, 5.41) is 5.46. The molecule has 1 aromatic carbocycles. The number of nitrogen functional groups attached to an aromatic ring is 1. The fourth-order valence-corrected chi connectivity index (χ4v) is 3.25. The molecule has 2 rings (SSSR count). The molecule has 1 aliphatic rings. The van der Waals surface area contributed by atoms with Crippen molar-refractivity contribution in [1.82, 2.24) is 0 Å². The smallest absolute Gasteiger partial charge is 0.227 e. The van der Waals surface area contributed by atoms with Gasteiger partial charge in [0, 0.05) is 23.9 Å². The molecule has 1 fully saturated rings. The molecule has 1 heterocycles. The van der Waals surface area contributed by atoms with Crippen LogP contribution < -0.4 is 15.8 Å². The summed E-state index contributed by atoms with van der Waals surface area (Å²) in [4.78, 5) is 13.4. The van der Waals surface area contributed by atoms with Crippen molar-refractivity contribution in [2.24, 2.45) is 11.1 Å². The van der Waals surface area contributed by atoms with Crippen LogP contribution in [0.4, 0.5) is 11.4 Å². The quantitative estimate of drug-likeness (QED) is 0.796. The highest BCUT2D eigenvalue weighted by molar-refractivity contribution is 7.89. The zero-order valence-corrected chi connectivity index (χ0v) is 11.6. The number of hydrogen-bond donors (Lipinski definition) is 2. The Morgan fingerprint density at radius 2 is 2.11 bits per heavy atom. The zero-order valence-electron chi connectivity index (χ0n) is 10.0. The highest BCUT2D eigenvalue weighted by Gasteiger charge is 2.33. The van der Waals surface area contributed by atoms with Gasteiger partial charge >= 0.3 is 0 Å². The molecule has 8 heteroatoms. The number of halogens is 1. The highest BCUT2D eigenvalue weighted by Crippen LogP contribution is 2.32. The Balaban J connectivity index is 2.23. The van der Waals surface area contributed by atoms with E-state index < -0.39 is 10.0 Å². The molecule has 1 amide bonds. The molecule has 0 aliphatic carbocycles. The van der Waals surface area contributed by atoms with Gasteiger partial charge in [0.1, 0.15) is 0 Å². The van der Waals surface area contributed by atoms with Crippen molar-refractivity contribution < 1.29 is 13.2 Å². The van der Waals surface area contributed by atoms with Crippen LogP contribution in [0.25, 0.3) is 0 Å². The molecule has 4 N–H and O–H groups in total. The third-order valence-electron chi connectivity index (χ3n) is 2.96. The Labute approximate surface area is 116 Å². The Morgan fingerprint density at radius 1 is 1.42 bits per heavy atom. The summed E-state index contributed by atoms with van der Waals surface area (Å²) in [7, 11) is -3.59. The van der Waals surface area contributed by atoms with Gasteiger partial charge in [-0.3, -0.25) is 4.79 Å². The molecule has 1 aromatic rings. The van der Waals surface area contributed by atoms with E-state index in [1.807, 2.05) is 0 Å². The van der Waals surface area contributed by atoms with E-state index >= 15 is 0 Å². The Bertz CT molecular complexity index is 618. The van der Waals surface area contributed by atoms with Gasteiger partial charge < -0.3 is 10.6 Å². The summed E-state index contributed by atoms with van der Waals surface area (Å²) in [6, 6.07) is 4.83. The Morgan fingerprint density at radius 3 is 2.74 bits per heavy atom. The van der Waals surface area contributed by atoms with E-state index in [0.29, 0.717) is 16.4 Å². The number of benzene rings is 1. The number of anilines is 2. The summed E-state index contributed by atoms with van der Waals surface area (Å²) in [6.07, 6.45) is 0.141. The van der Waals surface area contributed by atoms with Gasteiger partial charge in [0.2, 0.25) is 15.9 Å². The van der Waals surface area contributed by atoms with E-state index in [1.165, 1.54) is 4.90 Å². The van der Waals surface area contributed by atoms with Gasteiger partial charge in [-0.05, 0) is 18.2 Å². The molecule has 1 atom stereocenters. The standard InChI is InChI=1S/C11H14ClN3O3S/c12-8-1-2-9(13)10(4-8)15-5-7(3-11(15)16)6-19(14,17)18/h1-2,4,7H,3,5-6,13H2,(H2,14,17,18). The number of nitrogens with two attached hydrogens (primary N) is 2. The molecule has 0 spiro atoms. The van der Waals surface area contributed by atoms with E-state index in [4.69, 9.17) is 22.5 Å². The minimum atomic E-state index is -3.59. The number of rotatable bonds is 3. The van der Waals surface area contributed by atoms with Gasteiger partial charge in [0.05, 0.1) is 17.1 Å². The average Bonchev–Trinajstić information content (AvgIpc) is 2.60. The minimum absolute atomic E-state index is 0.141. The van der Waals surface area contributed by atoms with Gasteiger partial charge in [-0.25, -0.2) is 13.6 Å². The first-order valence-electron chi connectivity index (χ1n) is 5.62. The number of carbonyl (C=O) groups is 1. The van der Waals surface area contributed by atoms with E-state index in [1.54, 1.807) is 18.2 Å². The van der Waals surface area contributed by atoms with Crippen molar-refractivity contribution in [3.8, 4) is 0 Å². The second-order valence-electron chi connectivity index (χ2n) is 4.61. The largest absolute Gasteiger partial charge is 0.397 e. The minimum Gasteiger partial charge on any atom is -0.397 e. The fourth-order valence-electron chi connectivity index (χ4n) is 2.21. The molecule has 6 nitrogen and oxygen atoms in total. The first-order valence-corrected chi connectivity index (χ1v) is 7.71. The number of sulfonamides is 1. The monoisotopic (exact) mass is 303 g/mol. The molecule has 0 aromatic heterocycles. The van der Waals surface area contributed by atoms with Crippen LogP contribution in [-0.4, -0.2) is 26.6 Å². The predicted octanol–water partition coefficient (Wildman–Crippen LogP) is 0.564. The van der Waals surface area contributed by atoms with Gasteiger partial charge in [-0.1, -0.05) is 11.6 Å². The molecule has 104 valence electrons. The van der Waals surface area contributed by atoms with E-state index in [2.05, 4.69) is 0 Å². The summed E-state index contributed by atoms with van der Waals surface area (Å²) in [5.74, 6) is -0.709. The predicted molar refractivity (Wildman–Crippen MR) is 74.3 cm³/mol.